The van der Waals surface area contributed by atoms with Crippen LogP contribution in [0.15, 0.2) is 66.7 Å². The van der Waals surface area contributed by atoms with Crippen molar-refractivity contribution in [2.45, 2.75) is 27.3 Å². The molecule has 160 valence electrons. The zero-order valence-corrected chi connectivity index (χ0v) is 18.8. The fourth-order valence-corrected chi connectivity index (χ4v) is 3.99. The average molecular weight is 444 g/mol. The van der Waals surface area contributed by atoms with Gasteiger partial charge in [0, 0.05) is 5.56 Å². The molecule has 0 aliphatic carbocycles. The molecule has 0 N–H and O–H groups in total. The highest BCUT2D eigenvalue weighted by molar-refractivity contribution is 6.33. The van der Waals surface area contributed by atoms with E-state index >= 15 is 0 Å². The third kappa shape index (κ3) is 3.65. The highest BCUT2D eigenvalue weighted by atomic mass is 35.5. The molecule has 1 aromatic heterocycles. The van der Waals surface area contributed by atoms with Crippen molar-refractivity contribution in [3.63, 3.8) is 0 Å². The zero-order chi connectivity index (χ0) is 22.8. The van der Waals surface area contributed by atoms with Gasteiger partial charge in [-0.3, -0.25) is 14.5 Å². The number of benzene rings is 3. The Balaban J connectivity index is 0.00000119. The highest BCUT2D eigenvalue weighted by Gasteiger charge is 2.36. The Morgan fingerprint density at radius 3 is 2.00 bits per heavy atom. The lowest BCUT2D eigenvalue weighted by Crippen LogP contribution is -2.30. The van der Waals surface area contributed by atoms with Crippen molar-refractivity contribution >= 4 is 34.4 Å². The van der Waals surface area contributed by atoms with Crippen LogP contribution in [0.25, 0.3) is 22.3 Å². The number of para-hydroxylation sites is 1. The first-order valence-electron chi connectivity index (χ1n) is 10.5. The van der Waals surface area contributed by atoms with Gasteiger partial charge >= 0.3 is 0 Å². The van der Waals surface area contributed by atoms with E-state index in [2.05, 4.69) is 0 Å². The fourth-order valence-electron chi connectivity index (χ4n) is 3.77. The summed E-state index contributed by atoms with van der Waals surface area (Å²) in [6.07, 6.45) is 0. The first-order chi connectivity index (χ1) is 15.5. The van der Waals surface area contributed by atoms with Gasteiger partial charge < -0.3 is 0 Å². The van der Waals surface area contributed by atoms with E-state index in [1.165, 1.54) is 4.90 Å². The molecular formula is C26H22ClN3O2. The van der Waals surface area contributed by atoms with E-state index in [4.69, 9.17) is 21.6 Å². The number of nitrogens with zero attached hydrogens (tertiary/aromatic N) is 3. The van der Waals surface area contributed by atoms with E-state index in [9.17, 15) is 9.59 Å². The number of aryl methyl sites for hydroxylation is 1. The Morgan fingerprint density at radius 2 is 1.38 bits per heavy atom. The maximum atomic E-state index is 12.9. The van der Waals surface area contributed by atoms with Gasteiger partial charge in [-0.1, -0.05) is 67.9 Å². The van der Waals surface area contributed by atoms with Gasteiger partial charge in [0.25, 0.3) is 11.8 Å². The Morgan fingerprint density at radius 1 is 0.781 bits per heavy atom. The Kier molecular flexibility index (Phi) is 6.01. The minimum atomic E-state index is -0.327. The van der Waals surface area contributed by atoms with Crippen molar-refractivity contribution in [3.05, 3.63) is 94.1 Å². The van der Waals surface area contributed by atoms with Crippen LogP contribution in [-0.2, 0) is 6.54 Å². The number of rotatable bonds is 3. The monoisotopic (exact) mass is 443 g/mol. The van der Waals surface area contributed by atoms with Crippen molar-refractivity contribution in [3.8, 4) is 11.3 Å². The molecule has 5 nitrogen and oxygen atoms in total. The molecule has 0 spiro atoms. The second-order valence-corrected chi connectivity index (χ2v) is 7.59. The molecule has 0 bridgehead atoms. The summed E-state index contributed by atoms with van der Waals surface area (Å²) in [6.45, 7) is 5.99. The van der Waals surface area contributed by atoms with Gasteiger partial charge in [-0.25, -0.2) is 9.97 Å². The lowest BCUT2D eigenvalue weighted by molar-refractivity contribution is 0.0640. The third-order valence-electron chi connectivity index (χ3n) is 5.28. The summed E-state index contributed by atoms with van der Waals surface area (Å²) >= 11 is 6.45. The number of amides is 2. The molecule has 0 saturated heterocycles. The minimum absolute atomic E-state index is 0.0176. The molecular weight excluding hydrogens is 422 g/mol. The van der Waals surface area contributed by atoms with Gasteiger partial charge in [-0.05, 0) is 36.8 Å². The lowest BCUT2D eigenvalue weighted by atomic mass is 10.1. The molecule has 0 fully saturated rings. The van der Waals surface area contributed by atoms with Crippen LogP contribution in [0, 0.1) is 6.92 Å². The highest BCUT2D eigenvalue weighted by Crippen LogP contribution is 2.32. The molecule has 2 heterocycles. The van der Waals surface area contributed by atoms with Gasteiger partial charge in [0.1, 0.15) is 0 Å². The molecule has 0 atom stereocenters. The van der Waals surface area contributed by atoms with Crippen LogP contribution in [0.4, 0.5) is 0 Å². The summed E-state index contributed by atoms with van der Waals surface area (Å²) in [5.74, 6) is -0.654. The quantitative estimate of drug-likeness (QED) is 0.360. The van der Waals surface area contributed by atoms with Crippen molar-refractivity contribution in [2.75, 3.05) is 0 Å². The van der Waals surface area contributed by atoms with Crippen LogP contribution in [0.3, 0.4) is 0 Å². The van der Waals surface area contributed by atoms with Gasteiger partial charge in [-0.15, -0.1) is 0 Å². The predicted molar refractivity (Wildman–Crippen MR) is 127 cm³/mol. The molecule has 2 amide bonds. The van der Waals surface area contributed by atoms with E-state index in [1.54, 1.807) is 30.3 Å². The van der Waals surface area contributed by atoms with E-state index in [0.29, 0.717) is 38.6 Å². The normalized spacial score (nSPS) is 12.6. The molecule has 0 radical (unpaired) electrons. The van der Waals surface area contributed by atoms with Crippen LogP contribution in [0.5, 0.6) is 0 Å². The summed E-state index contributed by atoms with van der Waals surface area (Å²) in [5.41, 5.74) is 5.08. The molecule has 0 unspecified atom stereocenters. The van der Waals surface area contributed by atoms with Crippen molar-refractivity contribution in [1.82, 2.24) is 14.9 Å². The van der Waals surface area contributed by atoms with Gasteiger partial charge in [0.05, 0.1) is 45.1 Å². The molecule has 32 heavy (non-hydrogen) atoms. The number of halogens is 1. The lowest BCUT2D eigenvalue weighted by Gasteiger charge is -2.17. The van der Waals surface area contributed by atoms with Gasteiger partial charge in [0.15, 0.2) is 0 Å². The summed E-state index contributed by atoms with van der Waals surface area (Å²) < 4.78 is 0. The maximum Gasteiger partial charge on any atom is 0.261 e. The molecule has 0 saturated carbocycles. The fraction of sp³-hybridized carbons (Fsp3) is 0.154. The molecule has 3 aromatic carbocycles. The van der Waals surface area contributed by atoms with Crippen molar-refractivity contribution in [1.29, 1.82) is 0 Å². The van der Waals surface area contributed by atoms with Crippen molar-refractivity contribution in [2.24, 2.45) is 0 Å². The third-order valence-corrected chi connectivity index (χ3v) is 5.61. The largest absolute Gasteiger partial charge is 0.269 e. The number of fused-ring (bicyclic) bond motifs is 2. The second-order valence-electron chi connectivity index (χ2n) is 7.18. The number of imide groups is 1. The minimum Gasteiger partial charge on any atom is -0.269 e. The number of carbonyl (C=O) groups is 2. The summed E-state index contributed by atoms with van der Waals surface area (Å²) in [6, 6.07) is 19.9. The van der Waals surface area contributed by atoms with Crippen LogP contribution >= 0.6 is 11.6 Å². The van der Waals surface area contributed by atoms with E-state index < -0.39 is 0 Å². The summed E-state index contributed by atoms with van der Waals surface area (Å²) in [7, 11) is 0. The number of hydrogen-bond acceptors (Lipinski definition) is 4. The Hall–Kier alpha value is -3.57. The molecule has 6 heteroatoms. The topological polar surface area (TPSA) is 63.2 Å². The standard InChI is InChI=1S/C24H16ClN3O2.C2H6/c1-14-7-6-12-19-21(14)27-22(17-10-4-5-11-18(17)25)20(26-19)13-28-23(29)15-8-2-3-9-16(15)24(28)30;1-2/h2-12H,13H2,1H3;1-2H3. The van der Waals surface area contributed by atoms with E-state index in [1.807, 2.05) is 57.2 Å². The number of aromatic nitrogens is 2. The van der Waals surface area contributed by atoms with Crippen LogP contribution in [0.2, 0.25) is 5.02 Å². The van der Waals surface area contributed by atoms with Crippen LogP contribution < -0.4 is 0 Å². The molecule has 4 aromatic rings. The number of hydrogen-bond donors (Lipinski definition) is 0. The molecule has 5 rings (SSSR count). The zero-order valence-electron chi connectivity index (χ0n) is 18.1. The molecule has 1 aliphatic heterocycles. The van der Waals surface area contributed by atoms with Crippen LogP contribution in [-0.4, -0.2) is 26.7 Å². The van der Waals surface area contributed by atoms with Crippen molar-refractivity contribution < 1.29 is 9.59 Å². The maximum absolute atomic E-state index is 12.9. The Bertz CT molecular complexity index is 1320. The molecule has 1 aliphatic rings. The first-order valence-corrected chi connectivity index (χ1v) is 10.9. The number of carbonyl (C=O) groups excluding carboxylic acids is 2. The van der Waals surface area contributed by atoms with Gasteiger partial charge in [0.2, 0.25) is 0 Å². The second kappa shape index (κ2) is 8.89. The van der Waals surface area contributed by atoms with E-state index in [-0.39, 0.29) is 18.4 Å². The predicted octanol–water partition coefficient (Wildman–Crippen LogP) is 6.08. The SMILES string of the molecule is CC.Cc1cccc2nc(CN3C(=O)c4ccccc4C3=O)c(-c3ccccc3Cl)nc12. The van der Waals surface area contributed by atoms with Gasteiger partial charge in [-0.2, -0.15) is 0 Å². The van der Waals surface area contributed by atoms with E-state index in [0.717, 1.165) is 11.1 Å². The summed E-state index contributed by atoms with van der Waals surface area (Å²) in [4.78, 5) is 36.6. The average Bonchev–Trinajstić information content (AvgIpc) is 3.06. The summed E-state index contributed by atoms with van der Waals surface area (Å²) in [5, 5.41) is 0.531. The van der Waals surface area contributed by atoms with Crippen LogP contribution in [0.1, 0.15) is 45.8 Å². The Labute approximate surface area is 191 Å². The first kappa shape index (κ1) is 21.7. The smallest absolute Gasteiger partial charge is 0.261 e.